The van der Waals surface area contributed by atoms with Crippen molar-refractivity contribution in [2.45, 2.75) is 38.2 Å². The highest BCUT2D eigenvalue weighted by Gasteiger charge is 2.30. The van der Waals surface area contributed by atoms with Crippen LogP contribution in [0.5, 0.6) is 0 Å². The van der Waals surface area contributed by atoms with Gasteiger partial charge in [-0.15, -0.1) is 0 Å². The molecule has 3 heteroatoms. The lowest BCUT2D eigenvalue weighted by Crippen LogP contribution is -2.28. The van der Waals surface area contributed by atoms with E-state index in [1.807, 2.05) is 13.8 Å². The van der Waals surface area contributed by atoms with Gasteiger partial charge in [0.15, 0.2) is 6.29 Å². The average molecular weight is 141 g/mol. The molecule has 10 heavy (non-hydrogen) atoms. The molecular formula is C7H14BO2. The van der Waals surface area contributed by atoms with Crippen LogP contribution in [0, 0.1) is 0 Å². The van der Waals surface area contributed by atoms with Crippen molar-refractivity contribution in [1.82, 2.24) is 0 Å². The molecule has 0 amide bonds. The van der Waals surface area contributed by atoms with Gasteiger partial charge in [-0.25, -0.2) is 0 Å². The number of rotatable bonds is 0. The minimum Gasteiger partial charge on any atom is -0.368 e. The molecule has 1 heterocycles. The summed E-state index contributed by atoms with van der Waals surface area (Å²) in [6.45, 7) is 4.66. The van der Waals surface area contributed by atoms with Gasteiger partial charge in [-0.05, 0) is 11.7 Å². The highest BCUT2D eigenvalue weighted by Crippen LogP contribution is 2.32. The molecule has 1 aliphatic heterocycles. The van der Waals surface area contributed by atoms with Crippen LogP contribution in [0.15, 0.2) is 0 Å². The zero-order valence-electron chi connectivity index (χ0n) is 6.63. The van der Waals surface area contributed by atoms with E-state index >= 15 is 0 Å². The molecule has 1 radical (unpaired) electrons. The van der Waals surface area contributed by atoms with Crippen LogP contribution in [-0.4, -0.2) is 25.3 Å². The third-order valence-corrected chi connectivity index (χ3v) is 1.93. The summed E-state index contributed by atoms with van der Waals surface area (Å²) in [6, 6.07) is 0. The van der Waals surface area contributed by atoms with Gasteiger partial charge in [0.1, 0.15) is 7.28 Å². The highest BCUT2D eigenvalue weighted by atomic mass is 16.6. The highest BCUT2D eigenvalue weighted by molar-refractivity contribution is 6.40. The molecule has 0 spiro atoms. The van der Waals surface area contributed by atoms with Crippen LogP contribution < -0.4 is 0 Å². The Hall–Kier alpha value is -0.0151. The summed E-state index contributed by atoms with van der Waals surface area (Å²) in [6.07, 6.45) is 1.46. The summed E-state index contributed by atoms with van der Waals surface area (Å²) in [5.41, 5.74) is 0. The summed E-state index contributed by atoms with van der Waals surface area (Å²) in [4.78, 5) is 0. The van der Waals surface area contributed by atoms with E-state index in [1.165, 1.54) is 0 Å². The summed E-state index contributed by atoms with van der Waals surface area (Å²) in [5, 5.41) is 9.19. The molecule has 57 valence electrons. The molecular weight excluding hydrogens is 127 g/mol. The molecule has 1 unspecified atom stereocenters. The van der Waals surface area contributed by atoms with Gasteiger partial charge in [-0.2, -0.15) is 0 Å². The van der Waals surface area contributed by atoms with Crippen LogP contribution in [-0.2, 0) is 4.74 Å². The van der Waals surface area contributed by atoms with Crippen LogP contribution in [0.3, 0.4) is 0 Å². The first-order valence-electron chi connectivity index (χ1n) is 3.77. The lowest BCUT2D eigenvalue weighted by Gasteiger charge is -2.26. The second-order valence-electron chi connectivity index (χ2n) is 3.39. The van der Waals surface area contributed by atoms with Crippen LogP contribution in [0.2, 0.25) is 11.6 Å². The number of aliphatic hydroxyl groups is 1. The Kier molecular flexibility index (Phi) is 2.37. The minimum absolute atomic E-state index is 0.170. The smallest absolute Gasteiger partial charge is 0.152 e. The Morgan fingerprint density at radius 3 is 3.00 bits per heavy atom. The van der Waals surface area contributed by atoms with Gasteiger partial charge < -0.3 is 9.84 Å². The molecule has 1 fully saturated rings. The van der Waals surface area contributed by atoms with Crippen molar-refractivity contribution in [3.05, 3.63) is 0 Å². The van der Waals surface area contributed by atoms with Gasteiger partial charge in [-0.1, -0.05) is 20.2 Å². The number of hydrogen-bond acceptors (Lipinski definition) is 2. The fraction of sp³-hybridized carbons (Fsp3) is 1.00. The van der Waals surface area contributed by atoms with E-state index in [0.29, 0.717) is 6.61 Å². The Morgan fingerprint density at radius 2 is 2.30 bits per heavy atom. The lowest BCUT2D eigenvalue weighted by atomic mass is 9.52. The molecule has 1 saturated heterocycles. The normalized spacial score (nSPS) is 32.5. The van der Waals surface area contributed by atoms with Gasteiger partial charge in [0.05, 0.1) is 0 Å². The van der Waals surface area contributed by atoms with E-state index in [9.17, 15) is 5.11 Å². The van der Waals surface area contributed by atoms with E-state index in [1.54, 1.807) is 0 Å². The van der Waals surface area contributed by atoms with Crippen LogP contribution in [0.25, 0.3) is 0 Å². The van der Waals surface area contributed by atoms with Crippen molar-refractivity contribution < 1.29 is 9.84 Å². The number of hydrogen-bond donors (Lipinski definition) is 1. The maximum absolute atomic E-state index is 9.36. The Morgan fingerprint density at radius 1 is 1.60 bits per heavy atom. The second-order valence-corrected chi connectivity index (χ2v) is 3.39. The SMILES string of the molecule is CC1(C)[B]CCCOC1O. The molecule has 0 aromatic heterocycles. The molecule has 0 aliphatic carbocycles. The molecule has 0 aromatic rings. The zero-order valence-corrected chi connectivity index (χ0v) is 6.63. The fourth-order valence-corrected chi connectivity index (χ4v) is 1.07. The van der Waals surface area contributed by atoms with Crippen LogP contribution >= 0.6 is 0 Å². The van der Waals surface area contributed by atoms with E-state index in [-0.39, 0.29) is 5.31 Å². The molecule has 0 bridgehead atoms. The van der Waals surface area contributed by atoms with Gasteiger partial charge in [-0.3, -0.25) is 0 Å². The van der Waals surface area contributed by atoms with Crippen LogP contribution in [0.1, 0.15) is 20.3 Å². The summed E-state index contributed by atoms with van der Waals surface area (Å²) >= 11 is 0. The predicted octanol–water partition coefficient (Wildman–Crippen LogP) is 1.05. The number of aliphatic hydroxyl groups excluding tert-OH is 1. The first-order valence-corrected chi connectivity index (χ1v) is 3.77. The molecule has 2 nitrogen and oxygen atoms in total. The minimum atomic E-state index is -0.616. The lowest BCUT2D eigenvalue weighted by molar-refractivity contribution is -0.117. The Balaban J connectivity index is 2.52. The Labute approximate surface area is 62.8 Å². The molecule has 1 rings (SSSR count). The Bertz CT molecular complexity index is 114. The molecule has 1 atom stereocenters. The molecule has 0 aromatic carbocycles. The molecule has 1 N–H and O–H groups in total. The average Bonchev–Trinajstić information content (AvgIpc) is 1.96. The topological polar surface area (TPSA) is 29.5 Å². The van der Waals surface area contributed by atoms with E-state index in [2.05, 4.69) is 7.28 Å². The summed E-state index contributed by atoms with van der Waals surface area (Å²) in [7, 11) is 2.13. The fourth-order valence-electron chi connectivity index (χ4n) is 1.07. The molecule has 1 aliphatic rings. The molecule has 0 saturated carbocycles. The van der Waals surface area contributed by atoms with Crippen LogP contribution in [0.4, 0.5) is 0 Å². The van der Waals surface area contributed by atoms with Crippen molar-refractivity contribution in [2.75, 3.05) is 6.61 Å². The van der Waals surface area contributed by atoms with Crippen molar-refractivity contribution in [3.63, 3.8) is 0 Å². The van der Waals surface area contributed by atoms with Crippen molar-refractivity contribution in [3.8, 4) is 0 Å². The van der Waals surface area contributed by atoms with Gasteiger partial charge >= 0.3 is 0 Å². The van der Waals surface area contributed by atoms with Crippen molar-refractivity contribution >= 4 is 7.28 Å². The standard InChI is InChI=1S/C7H14BO2/c1-7(2)6(9)10-5-3-4-8-7/h6,9H,3-5H2,1-2H3. The van der Waals surface area contributed by atoms with Crippen molar-refractivity contribution in [2.24, 2.45) is 0 Å². The van der Waals surface area contributed by atoms with Gasteiger partial charge in [0, 0.05) is 6.61 Å². The first-order chi connectivity index (χ1) is 4.63. The van der Waals surface area contributed by atoms with Crippen molar-refractivity contribution in [1.29, 1.82) is 0 Å². The maximum atomic E-state index is 9.36. The third-order valence-electron chi connectivity index (χ3n) is 1.93. The van der Waals surface area contributed by atoms with Gasteiger partial charge in [0.25, 0.3) is 0 Å². The van der Waals surface area contributed by atoms with E-state index in [4.69, 9.17) is 4.74 Å². The second kappa shape index (κ2) is 2.93. The van der Waals surface area contributed by atoms with E-state index in [0.717, 1.165) is 12.7 Å². The van der Waals surface area contributed by atoms with E-state index < -0.39 is 6.29 Å². The first kappa shape index (κ1) is 8.09. The zero-order chi connectivity index (χ0) is 7.61. The summed E-state index contributed by atoms with van der Waals surface area (Å²) in [5.74, 6) is 0. The monoisotopic (exact) mass is 141 g/mol. The van der Waals surface area contributed by atoms with Gasteiger partial charge in [0.2, 0.25) is 0 Å². The largest absolute Gasteiger partial charge is 0.368 e. The predicted molar refractivity (Wildman–Crippen MR) is 41.2 cm³/mol. The number of ether oxygens (including phenoxy) is 1. The third kappa shape index (κ3) is 1.73. The maximum Gasteiger partial charge on any atom is 0.152 e. The summed E-state index contributed by atoms with van der Waals surface area (Å²) < 4.78 is 5.14. The quantitative estimate of drug-likeness (QED) is 0.510.